The van der Waals surface area contributed by atoms with Gasteiger partial charge in [0.05, 0.1) is 0 Å². The van der Waals surface area contributed by atoms with Gasteiger partial charge in [-0.3, -0.25) is 24.1 Å². The van der Waals surface area contributed by atoms with Crippen LogP contribution in [0.4, 0.5) is 0 Å². The first-order valence-electron chi connectivity index (χ1n) is 11.8. The molecule has 33 heavy (non-hydrogen) atoms. The van der Waals surface area contributed by atoms with E-state index in [4.69, 9.17) is 5.11 Å². The van der Waals surface area contributed by atoms with E-state index in [1.165, 1.54) is 4.90 Å². The zero-order chi connectivity index (χ0) is 23.7. The number of nitrogens with zero attached hydrogens (tertiary/aromatic N) is 3. The Morgan fingerprint density at radius 2 is 1.85 bits per heavy atom. The maximum Gasteiger partial charge on any atom is 0.323 e. The number of fused-ring (bicyclic) bond motifs is 3. The lowest BCUT2D eigenvalue weighted by Gasteiger charge is -2.38. The van der Waals surface area contributed by atoms with Crippen molar-refractivity contribution in [1.82, 2.24) is 20.0 Å². The summed E-state index contributed by atoms with van der Waals surface area (Å²) >= 11 is 0. The molecule has 3 aliphatic rings. The first kappa shape index (κ1) is 23.2. The van der Waals surface area contributed by atoms with Crippen molar-refractivity contribution in [2.45, 2.75) is 70.2 Å². The maximum atomic E-state index is 13.5. The van der Waals surface area contributed by atoms with E-state index in [2.05, 4.69) is 24.1 Å². The lowest BCUT2D eigenvalue weighted by Crippen LogP contribution is -2.55. The summed E-state index contributed by atoms with van der Waals surface area (Å²) in [5.74, 6) is -1.95. The SMILES string of the molecule is CC(C)N1CCCC(C(=O)N[C@H]2CCCCN(CC(=O)O)C2=O)N2C(=O)c3ccccc3[C@H]12. The average Bonchev–Trinajstić information content (AvgIpc) is 2.91. The van der Waals surface area contributed by atoms with Gasteiger partial charge in [0, 0.05) is 30.3 Å². The lowest BCUT2D eigenvalue weighted by molar-refractivity contribution is -0.145. The van der Waals surface area contributed by atoms with Crippen molar-refractivity contribution in [3.8, 4) is 0 Å². The third kappa shape index (κ3) is 4.46. The number of carbonyl (C=O) groups is 4. The van der Waals surface area contributed by atoms with Gasteiger partial charge in [-0.1, -0.05) is 18.2 Å². The summed E-state index contributed by atoms with van der Waals surface area (Å²) in [5, 5.41) is 12.0. The molecule has 0 spiro atoms. The average molecular weight is 457 g/mol. The summed E-state index contributed by atoms with van der Waals surface area (Å²) in [6.07, 6.45) is 2.81. The molecule has 1 aromatic rings. The van der Waals surface area contributed by atoms with Crippen LogP contribution in [0.25, 0.3) is 0 Å². The number of aliphatic carboxylic acids is 1. The third-order valence-electron chi connectivity index (χ3n) is 6.90. The van der Waals surface area contributed by atoms with Gasteiger partial charge in [0.1, 0.15) is 24.8 Å². The van der Waals surface area contributed by atoms with Crippen molar-refractivity contribution in [2.24, 2.45) is 0 Å². The van der Waals surface area contributed by atoms with Crippen molar-refractivity contribution in [2.75, 3.05) is 19.6 Å². The van der Waals surface area contributed by atoms with Crippen LogP contribution in [0, 0.1) is 0 Å². The molecule has 4 rings (SSSR count). The number of carboxylic acid groups (broad SMARTS) is 1. The number of nitrogens with one attached hydrogen (secondary N) is 1. The molecule has 0 aromatic heterocycles. The number of hydrogen-bond acceptors (Lipinski definition) is 5. The van der Waals surface area contributed by atoms with Gasteiger partial charge >= 0.3 is 5.97 Å². The van der Waals surface area contributed by atoms with Crippen LogP contribution in [0.3, 0.4) is 0 Å². The maximum absolute atomic E-state index is 13.5. The molecule has 0 bridgehead atoms. The number of hydrogen-bond donors (Lipinski definition) is 2. The van der Waals surface area contributed by atoms with Crippen molar-refractivity contribution >= 4 is 23.7 Å². The topological polar surface area (TPSA) is 110 Å². The second-order valence-electron chi connectivity index (χ2n) is 9.37. The molecule has 0 radical (unpaired) electrons. The molecule has 0 aliphatic carbocycles. The fourth-order valence-corrected chi connectivity index (χ4v) is 5.32. The van der Waals surface area contributed by atoms with E-state index in [1.54, 1.807) is 11.0 Å². The van der Waals surface area contributed by atoms with Crippen LogP contribution >= 0.6 is 0 Å². The van der Waals surface area contributed by atoms with Crippen molar-refractivity contribution < 1.29 is 24.3 Å². The third-order valence-corrected chi connectivity index (χ3v) is 6.90. The van der Waals surface area contributed by atoms with E-state index in [1.807, 2.05) is 18.2 Å². The van der Waals surface area contributed by atoms with Gasteiger partial charge < -0.3 is 20.2 Å². The highest BCUT2D eigenvalue weighted by atomic mass is 16.4. The summed E-state index contributed by atoms with van der Waals surface area (Å²) in [6.45, 7) is 4.93. The Kier molecular flexibility index (Phi) is 6.69. The second-order valence-corrected chi connectivity index (χ2v) is 9.37. The molecule has 3 heterocycles. The van der Waals surface area contributed by atoms with E-state index in [-0.39, 0.29) is 36.5 Å². The smallest absolute Gasteiger partial charge is 0.323 e. The van der Waals surface area contributed by atoms with Gasteiger partial charge in [0.15, 0.2) is 0 Å². The summed E-state index contributed by atoms with van der Waals surface area (Å²) < 4.78 is 0. The van der Waals surface area contributed by atoms with Crippen LogP contribution < -0.4 is 5.32 Å². The van der Waals surface area contributed by atoms with Gasteiger partial charge in [-0.05, 0) is 52.0 Å². The fourth-order valence-electron chi connectivity index (χ4n) is 5.32. The number of benzene rings is 1. The van der Waals surface area contributed by atoms with Gasteiger partial charge in [-0.25, -0.2) is 0 Å². The van der Waals surface area contributed by atoms with Crippen LogP contribution in [0.1, 0.15) is 68.0 Å². The molecule has 2 saturated heterocycles. The quantitative estimate of drug-likeness (QED) is 0.696. The standard InChI is InChI=1S/C24H32N4O5/c1-15(2)27-13-7-11-19(28-22(27)16-8-3-4-9-17(16)23(28)32)21(31)25-18-10-5-6-12-26(24(18)33)14-20(29)30/h3-4,8-9,15,18-19,22H,5-7,10-14H2,1-2H3,(H,25,31)(H,29,30)/t18-,19?,22+/m0/s1. The van der Waals surface area contributed by atoms with Gasteiger partial charge in [-0.15, -0.1) is 0 Å². The Morgan fingerprint density at radius 1 is 1.09 bits per heavy atom. The van der Waals surface area contributed by atoms with Gasteiger partial charge in [0.2, 0.25) is 11.8 Å². The minimum Gasteiger partial charge on any atom is -0.480 e. The predicted octanol–water partition coefficient (Wildman–Crippen LogP) is 1.60. The second kappa shape index (κ2) is 9.51. The number of likely N-dealkylation sites (tertiary alicyclic amines) is 1. The van der Waals surface area contributed by atoms with Crippen LogP contribution in [0.5, 0.6) is 0 Å². The zero-order valence-corrected chi connectivity index (χ0v) is 19.2. The molecular weight excluding hydrogens is 424 g/mol. The van der Waals surface area contributed by atoms with Crippen molar-refractivity contribution in [1.29, 1.82) is 0 Å². The molecule has 3 atom stereocenters. The van der Waals surface area contributed by atoms with Crippen LogP contribution in [-0.2, 0) is 14.4 Å². The molecule has 1 unspecified atom stereocenters. The first-order valence-corrected chi connectivity index (χ1v) is 11.8. The van der Waals surface area contributed by atoms with Crippen LogP contribution in [-0.4, -0.2) is 81.3 Å². The predicted molar refractivity (Wildman–Crippen MR) is 120 cm³/mol. The van der Waals surface area contributed by atoms with Crippen molar-refractivity contribution in [3.05, 3.63) is 35.4 Å². The number of carboxylic acids is 1. The molecular formula is C24H32N4O5. The molecule has 0 saturated carbocycles. The van der Waals surface area contributed by atoms with E-state index in [0.717, 1.165) is 24.9 Å². The zero-order valence-electron chi connectivity index (χ0n) is 19.2. The Bertz CT molecular complexity index is 949. The Labute approximate surface area is 193 Å². The number of carbonyl (C=O) groups excluding carboxylic acids is 3. The fraction of sp³-hybridized carbons (Fsp3) is 0.583. The Balaban J connectivity index is 1.59. The van der Waals surface area contributed by atoms with E-state index < -0.39 is 18.1 Å². The summed E-state index contributed by atoms with van der Waals surface area (Å²) in [7, 11) is 0. The molecule has 9 heteroatoms. The van der Waals surface area contributed by atoms with Gasteiger partial charge in [0.25, 0.3) is 5.91 Å². The first-order chi connectivity index (χ1) is 15.8. The molecule has 2 fully saturated rings. The molecule has 2 N–H and O–H groups in total. The lowest BCUT2D eigenvalue weighted by atomic mass is 10.1. The molecule has 9 nitrogen and oxygen atoms in total. The summed E-state index contributed by atoms with van der Waals surface area (Å²) in [4.78, 5) is 56.3. The molecule has 3 aliphatic heterocycles. The number of rotatable bonds is 5. The number of amides is 3. The molecule has 178 valence electrons. The highest BCUT2D eigenvalue weighted by Gasteiger charge is 2.48. The Hall–Kier alpha value is -2.94. The van der Waals surface area contributed by atoms with Gasteiger partial charge in [-0.2, -0.15) is 0 Å². The largest absolute Gasteiger partial charge is 0.480 e. The van der Waals surface area contributed by atoms with Crippen LogP contribution in [0.15, 0.2) is 24.3 Å². The van der Waals surface area contributed by atoms with Crippen molar-refractivity contribution in [3.63, 3.8) is 0 Å². The minimum absolute atomic E-state index is 0.164. The molecule has 1 aromatic carbocycles. The monoisotopic (exact) mass is 456 g/mol. The van der Waals surface area contributed by atoms with Crippen LogP contribution in [0.2, 0.25) is 0 Å². The van der Waals surface area contributed by atoms with E-state index in [9.17, 15) is 19.2 Å². The normalized spacial score (nSPS) is 26.0. The summed E-state index contributed by atoms with van der Waals surface area (Å²) in [6, 6.07) is 6.22. The minimum atomic E-state index is -1.07. The Morgan fingerprint density at radius 3 is 2.58 bits per heavy atom. The van der Waals surface area contributed by atoms with E-state index >= 15 is 0 Å². The highest BCUT2D eigenvalue weighted by molar-refractivity contribution is 6.02. The highest BCUT2D eigenvalue weighted by Crippen LogP contribution is 2.41. The van der Waals surface area contributed by atoms with E-state index in [0.29, 0.717) is 31.4 Å². The summed E-state index contributed by atoms with van der Waals surface area (Å²) in [5.41, 5.74) is 1.53. The molecule has 3 amide bonds.